The molecule has 2 aliphatic rings. The summed E-state index contributed by atoms with van der Waals surface area (Å²) in [5.41, 5.74) is 0. The number of carboxylic acid groups (broad SMARTS) is 1. The van der Waals surface area contributed by atoms with Crippen molar-refractivity contribution in [2.24, 2.45) is 5.92 Å². The van der Waals surface area contributed by atoms with Gasteiger partial charge in [-0.25, -0.2) is 4.79 Å². The van der Waals surface area contributed by atoms with Crippen LogP contribution in [0.2, 0.25) is 0 Å². The summed E-state index contributed by atoms with van der Waals surface area (Å²) >= 11 is 0. The third kappa shape index (κ3) is 2.93. The molecule has 1 aliphatic carbocycles. The Morgan fingerprint density at radius 3 is 2.44 bits per heavy atom. The molecule has 0 spiro atoms. The van der Waals surface area contributed by atoms with Crippen LogP contribution in [0.15, 0.2) is 0 Å². The van der Waals surface area contributed by atoms with E-state index in [4.69, 9.17) is 5.11 Å². The molecule has 1 saturated carbocycles. The Labute approximate surface area is 106 Å². The van der Waals surface area contributed by atoms with E-state index in [0.717, 1.165) is 32.1 Å². The Morgan fingerprint density at radius 1 is 1.11 bits per heavy atom. The first-order valence-corrected chi connectivity index (χ1v) is 6.54. The lowest BCUT2D eigenvalue weighted by atomic mass is 10.0. The second-order valence-electron chi connectivity index (χ2n) is 5.20. The molecule has 0 aromatic rings. The van der Waals surface area contributed by atoms with Gasteiger partial charge in [-0.15, -0.1) is 0 Å². The van der Waals surface area contributed by atoms with E-state index in [0.29, 0.717) is 0 Å². The SMILES string of the molecule is O=C(O)C1CN(C(=O)NC2CCCCCC2O)C1. The van der Waals surface area contributed by atoms with Gasteiger partial charge in [0, 0.05) is 13.1 Å². The highest BCUT2D eigenvalue weighted by molar-refractivity contribution is 5.79. The van der Waals surface area contributed by atoms with Crippen molar-refractivity contribution in [1.29, 1.82) is 0 Å². The van der Waals surface area contributed by atoms with Crippen LogP contribution in [-0.2, 0) is 4.79 Å². The quantitative estimate of drug-likeness (QED) is 0.624. The number of hydrogen-bond donors (Lipinski definition) is 3. The number of aliphatic hydroxyl groups is 1. The zero-order valence-corrected chi connectivity index (χ0v) is 10.3. The van der Waals surface area contributed by atoms with Crippen LogP contribution in [0, 0.1) is 5.92 Å². The van der Waals surface area contributed by atoms with Crippen LogP contribution >= 0.6 is 0 Å². The summed E-state index contributed by atoms with van der Waals surface area (Å²) in [5, 5.41) is 21.4. The number of likely N-dealkylation sites (tertiary alicyclic amines) is 1. The molecule has 2 unspecified atom stereocenters. The van der Waals surface area contributed by atoms with Crippen molar-refractivity contribution in [2.75, 3.05) is 13.1 Å². The number of carbonyl (C=O) groups excluding carboxylic acids is 1. The van der Waals surface area contributed by atoms with Crippen LogP contribution in [0.4, 0.5) is 4.79 Å². The van der Waals surface area contributed by atoms with E-state index in [1.54, 1.807) is 0 Å². The molecule has 1 aliphatic heterocycles. The van der Waals surface area contributed by atoms with Crippen LogP contribution < -0.4 is 5.32 Å². The minimum absolute atomic E-state index is 0.191. The molecule has 1 heterocycles. The summed E-state index contributed by atoms with van der Waals surface area (Å²) in [5.74, 6) is -1.29. The molecule has 0 bridgehead atoms. The zero-order valence-electron chi connectivity index (χ0n) is 10.3. The van der Waals surface area contributed by atoms with Crippen LogP contribution in [0.5, 0.6) is 0 Å². The van der Waals surface area contributed by atoms with Crippen LogP contribution in [0.1, 0.15) is 32.1 Å². The molecular formula is C12H20N2O4. The molecule has 2 amide bonds. The first kappa shape index (κ1) is 13.1. The topological polar surface area (TPSA) is 89.9 Å². The predicted molar refractivity (Wildman–Crippen MR) is 64.1 cm³/mol. The molecule has 3 N–H and O–H groups in total. The second kappa shape index (κ2) is 5.56. The molecule has 2 rings (SSSR count). The molecule has 18 heavy (non-hydrogen) atoms. The summed E-state index contributed by atoms with van der Waals surface area (Å²) in [6.07, 6.45) is 4.14. The average molecular weight is 256 g/mol. The molecule has 6 nitrogen and oxygen atoms in total. The summed E-state index contributed by atoms with van der Waals surface area (Å²) in [4.78, 5) is 24.0. The summed E-state index contributed by atoms with van der Waals surface area (Å²) in [6, 6.07) is -0.442. The van der Waals surface area contributed by atoms with Gasteiger partial charge in [0.1, 0.15) is 0 Å². The number of amides is 2. The Bertz CT molecular complexity index is 328. The van der Waals surface area contributed by atoms with Gasteiger partial charge >= 0.3 is 12.0 Å². The fourth-order valence-corrected chi connectivity index (χ4v) is 2.51. The largest absolute Gasteiger partial charge is 0.481 e. The number of hydrogen-bond acceptors (Lipinski definition) is 3. The van der Waals surface area contributed by atoms with E-state index in [1.165, 1.54) is 4.90 Å². The molecule has 6 heteroatoms. The second-order valence-corrected chi connectivity index (χ2v) is 5.20. The maximum atomic E-state index is 11.8. The smallest absolute Gasteiger partial charge is 0.317 e. The van der Waals surface area contributed by atoms with Crippen molar-refractivity contribution in [3.8, 4) is 0 Å². The maximum Gasteiger partial charge on any atom is 0.317 e. The van der Waals surface area contributed by atoms with Crippen LogP contribution in [-0.4, -0.2) is 52.3 Å². The van der Waals surface area contributed by atoms with Gasteiger partial charge in [-0.05, 0) is 12.8 Å². The molecule has 2 fully saturated rings. The molecule has 0 radical (unpaired) electrons. The lowest BCUT2D eigenvalue weighted by molar-refractivity contribution is -0.146. The fourth-order valence-electron chi connectivity index (χ4n) is 2.51. The predicted octanol–water partition coefficient (Wildman–Crippen LogP) is 0.406. The Hall–Kier alpha value is -1.30. The minimum Gasteiger partial charge on any atom is -0.481 e. The van der Waals surface area contributed by atoms with Gasteiger partial charge < -0.3 is 20.4 Å². The third-order valence-corrected chi connectivity index (χ3v) is 3.81. The third-order valence-electron chi connectivity index (χ3n) is 3.81. The van der Waals surface area contributed by atoms with Crippen LogP contribution in [0.25, 0.3) is 0 Å². The van der Waals surface area contributed by atoms with Gasteiger partial charge in [0.25, 0.3) is 0 Å². The van der Waals surface area contributed by atoms with E-state index < -0.39 is 18.0 Å². The Balaban J connectivity index is 1.79. The number of carboxylic acids is 1. The Kier molecular flexibility index (Phi) is 4.06. The van der Waals surface area contributed by atoms with Crippen molar-refractivity contribution < 1.29 is 19.8 Å². The summed E-state index contributed by atoms with van der Waals surface area (Å²) < 4.78 is 0. The lowest BCUT2D eigenvalue weighted by Crippen LogP contribution is -2.58. The number of aliphatic hydroxyl groups excluding tert-OH is 1. The van der Waals surface area contributed by atoms with E-state index in [2.05, 4.69) is 5.32 Å². The number of nitrogens with zero attached hydrogens (tertiary/aromatic N) is 1. The fraction of sp³-hybridized carbons (Fsp3) is 0.833. The average Bonchev–Trinajstić information content (AvgIpc) is 2.41. The Morgan fingerprint density at radius 2 is 1.78 bits per heavy atom. The number of aliphatic carboxylic acids is 1. The van der Waals surface area contributed by atoms with Crippen molar-refractivity contribution in [3.05, 3.63) is 0 Å². The van der Waals surface area contributed by atoms with E-state index in [9.17, 15) is 14.7 Å². The molecular weight excluding hydrogens is 236 g/mol. The van der Waals surface area contributed by atoms with Gasteiger partial charge in [0.15, 0.2) is 0 Å². The highest BCUT2D eigenvalue weighted by Gasteiger charge is 2.36. The van der Waals surface area contributed by atoms with Gasteiger partial charge in [0.2, 0.25) is 0 Å². The van der Waals surface area contributed by atoms with Gasteiger partial charge in [-0.3, -0.25) is 4.79 Å². The molecule has 0 aromatic heterocycles. The maximum absolute atomic E-state index is 11.8. The molecule has 2 atom stereocenters. The standard InChI is InChI=1S/C12H20N2O4/c15-10-5-3-1-2-4-9(10)13-12(18)14-6-8(7-14)11(16)17/h8-10,15H,1-7H2,(H,13,18)(H,16,17). The molecule has 1 saturated heterocycles. The molecule has 102 valence electrons. The lowest BCUT2D eigenvalue weighted by Gasteiger charge is -2.37. The van der Waals surface area contributed by atoms with Crippen molar-refractivity contribution in [3.63, 3.8) is 0 Å². The molecule has 0 aromatic carbocycles. The minimum atomic E-state index is -0.853. The highest BCUT2D eigenvalue weighted by Crippen LogP contribution is 2.20. The van der Waals surface area contributed by atoms with Gasteiger partial charge in [-0.1, -0.05) is 19.3 Å². The van der Waals surface area contributed by atoms with Crippen molar-refractivity contribution in [2.45, 2.75) is 44.2 Å². The number of rotatable bonds is 2. The van der Waals surface area contributed by atoms with Gasteiger partial charge in [0.05, 0.1) is 18.1 Å². The van der Waals surface area contributed by atoms with Crippen molar-refractivity contribution in [1.82, 2.24) is 10.2 Å². The van der Waals surface area contributed by atoms with Crippen LogP contribution in [0.3, 0.4) is 0 Å². The number of nitrogens with one attached hydrogen (secondary N) is 1. The first-order valence-electron chi connectivity index (χ1n) is 6.54. The highest BCUT2D eigenvalue weighted by atomic mass is 16.4. The van der Waals surface area contributed by atoms with E-state index >= 15 is 0 Å². The monoisotopic (exact) mass is 256 g/mol. The van der Waals surface area contributed by atoms with E-state index in [1.807, 2.05) is 0 Å². The first-order chi connectivity index (χ1) is 8.58. The summed E-state index contributed by atoms with van der Waals surface area (Å²) in [7, 11) is 0. The van der Waals surface area contributed by atoms with E-state index in [-0.39, 0.29) is 25.2 Å². The number of urea groups is 1. The summed E-state index contributed by atoms with van der Waals surface area (Å²) in [6.45, 7) is 0.536. The number of carbonyl (C=O) groups is 2. The zero-order chi connectivity index (χ0) is 13.1. The van der Waals surface area contributed by atoms with Gasteiger partial charge in [-0.2, -0.15) is 0 Å². The van der Waals surface area contributed by atoms with Crippen molar-refractivity contribution >= 4 is 12.0 Å². The normalized spacial score (nSPS) is 29.3.